The number of Topliss-reactive ketones (excluding diaryl/α,β-unsaturated/α-hetero) is 1. The Labute approximate surface area is 228 Å². The number of nitrogen functional groups attached to an aromatic ring is 1. The number of thiophene rings is 1. The summed E-state index contributed by atoms with van der Waals surface area (Å²) in [6.07, 6.45) is 10.3. The fourth-order valence-corrected chi connectivity index (χ4v) is 5.83. The van der Waals surface area contributed by atoms with Gasteiger partial charge in [0.25, 0.3) is 0 Å². The van der Waals surface area contributed by atoms with Gasteiger partial charge in [-0.15, -0.1) is 11.3 Å². The zero-order valence-corrected chi connectivity index (χ0v) is 23.2. The van der Waals surface area contributed by atoms with Crippen molar-refractivity contribution in [2.24, 2.45) is 0 Å². The lowest BCUT2D eigenvalue weighted by Gasteiger charge is -2.43. The fourth-order valence-electron chi connectivity index (χ4n) is 4.89. The number of piperidine rings is 1. The minimum absolute atomic E-state index is 0.166. The number of ether oxygens (including phenoxy) is 2. The maximum Gasteiger partial charge on any atom is 0.170 e. The van der Waals surface area contributed by atoms with Crippen molar-refractivity contribution in [2.45, 2.75) is 45.1 Å². The third-order valence-electron chi connectivity index (χ3n) is 6.99. The monoisotopic (exact) mass is 532 g/mol. The van der Waals surface area contributed by atoms with Crippen molar-refractivity contribution in [1.82, 2.24) is 4.90 Å². The number of allylic oxidation sites excluding steroid dienone is 2. The largest absolute Gasteiger partial charge is 0.489 e. The molecule has 200 valence electrons. The smallest absolute Gasteiger partial charge is 0.170 e. The summed E-state index contributed by atoms with van der Waals surface area (Å²) in [5, 5.41) is 1.56. The Hall–Kier alpha value is -3.42. The summed E-state index contributed by atoms with van der Waals surface area (Å²) in [5.74, 6) is 1.58. The molecule has 38 heavy (non-hydrogen) atoms. The maximum absolute atomic E-state index is 12.8. The third-order valence-corrected chi connectivity index (χ3v) is 8.01. The van der Waals surface area contributed by atoms with E-state index >= 15 is 0 Å². The van der Waals surface area contributed by atoms with E-state index in [-0.39, 0.29) is 11.4 Å². The maximum atomic E-state index is 12.8. The molecule has 2 aliphatic heterocycles. The van der Waals surface area contributed by atoms with Crippen LogP contribution in [-0.4, -0.2) is 49.3 Å². The van der Waals surface area contributed by atoms with Gasteiger partial charge in [-0.3, -0.25) is 9.59 Å². The molecule has 5 rings (SSSR count). The molecule has 0 radical (unpaired) electrons. The number of hydrogen-bond acceptors (Lipinski definition) is 7. The van der Waals surface area contributed by atoms with Gasteiger partial charge < -0.3 is 20.1 Å². The molecule has 1 saturated heterocycles. The van der Waals surface area contributed by atoms with Crippen LogP contribution in [-0.2, 0) is 0 Å². The van der Waals surface area contributed by atoms with Crippen LogP contribution < -0.4 is 15.2 Å². The van der Waals surface area contributed by atoms with E-state index in [4.69, 9.17) is 15.2 Å². The normalized spacial score (nSPS) is 17.1. The Bertz CT molecular complexity index is 1350. The zero-order valence-electron chi connectivity index (χ0n) is 22.4. The van der Waals surface area contributed by atoms with Crippen LogP contribution in [0.1, 0.15) is 60.2 Å². The summed E-state index contributed by atoms with van der Waals surface area (Å²) in [5.41, 5.74) is 7.75. The number of rotatable bonds is 6. The topological polar surface area (TPSA) is 81.9 Å². The fraction of sp³-hybridized carbons (Fsp3) is 0.355. The van der Waals surface area contributed by atoms with E-state index in [0.29, 0.717) is 40.7 Å². The standard InChI is InChI=1S/C22H29NO3.C9H7NOS/c1-4-6-17(7-5-2)16-25-18-8-9-21-19(14-18)20(24)15-22(26-21)10-12-23(3)13-11-22;10-9-7(5-11)6-3-1-2-4-8(6)12-9/h4,6-9,14H,5,10-13,15-16H2,1-3H3;1-5H,10H2/b6-4-,17-7+;. The summed E-state index contributed by atoms with van der Waals surface area (Å²) >= 11 is 1.45. The van der Waals surface area contributed by atoms with E-state index < -0.39 is 0 Å². The molecule has 0 unspecified atom stereocenters. The number of nitrogens with two attached hydrogens (primary N) is 1. The first-order valence-electron chi connectivity index (χ1n) is 13.1. The van der Waals surface area contributed by atoms with Crippen LogP contribution in [0.4, 0.5) is 5.00 Å². The Morgan fingerprint density at radius 2 is 1.97 bits per heavy atom. The van der Waals surface area contributed by atoms with Crippen LogP contribution in [0.5, 0.6) is 11.5 Å². The first-order valence-corrected chi connectivity index (χ1v) is 13.9. The van der Waals surface area contributed by atoms with Gasteiger partial charge in [0.15, 0.2) is 12.1 Å². The second-order valence-corrected chi connectivity index (χ2v) is 10.9. The minimum atomic E-state index is -0.318. The summed E-state index contributed by atoms with van der Waals surface area (Å²) in [6.45, 7) is 6.55. The van der Waals surface area contributed by atoms with Crippen molar-refractivity contribution in [3.05, 3.63) is 77.4 Å². The first kappa shape index (κ1) is 27.6. The average molecular weight is 533 g/mol. The molecule has 3 aromatic rings. The number of aldehydes is 1. The van der Waals surface area contributed by atoms with Crippen LogP contribution in [0.25, 0.3) is 10.1 Å². The number of nitrogens with zero attached hydrogens (tertiary/aromatic N) is 1. The highest BCUT2D eigenvalue weighted by atomic mass is 32.1. The molecule has 0 bridgehead atoms. The molecule has 0 saturated carbocycles. The zero-order chi connectivity index (χ0) is 27.1. The number of carbonyl (C=O) groups is 2. The van der Waals surface area contributed by atoms with Crippen molar-refractivity contribution < 1.29 is 19.1 Å². The molecule has 7 heteroatoms. The number of anilines is 1. The number of ketones is 1. The van der Waals surface area contributed by atoms with E-state index in [1.165, 1.54) is 11.3 Å². The quantitative estimate of drug-likeness (QED) is 0.281. The van der Waals surface area contributed by atoms with Gasteiger partial charge in [-0.25, -0.2) is 0 Å². The Balaban J connectivity index is 0.000000232. The molecule has 1 fully saturated rings. The van der Waals surface area contributed by atoms with Crippen molar-refractivity contribution in [1.29, 1.82) is 0 Å². The van der Waals surface area contributed by atoms with E-state index in [0.717, 1.165) is 54.3 Å². The highest BCUT2D eigenvalue weighted by Crippen LogP contribution is 2.40. The van der Waals surface area contributed by atoms with Crippen LogP contribution in [0.2, 0.25) is 0 Å². The highest BCUT2D eigenvalue weighted by Gasteiger charge is 2.42. The molecule has 2 aromatic carbocycles. The van der Waals surface area contributed by atoms with Gasteiger partial charge >= 0.3 is 0 Å². The summed E-state index contributed by atoms with van der Waals surface area (Å²) in [4.78, 5) is 25.7. The number of carbonyl (C=O) groups excluding carboxylic acids is 2. The van der Waals surface area contributed by atoms with E-state index in [9.17, 15) is 9.59 Å². The lowest BCUT2D eigenvalue weighted by molar-refractivity contribution is -0.00375. The first-order chi connectivity index (χ1) is 18.4. The summed E-state index contributed by atoms with van der Waals surface area (Å²) < 4.78 is 13.3. The average Bonchev–Trinajstić information content (AvgIpc) is 3.25. The highest BCUT2D eigenvalue weighted by molar-refractivity contribution is 7.23. The molecule has 3 heterocycles. The molecule has 1 aromatic heterocycles. The molecule has 0 atom stereocenters. The number of fused-ring (bicyclic) bond motifs is 2. The van der Waals surface area contributed by atoms with Gasteiger partial charge in [0.2, 0.25) is 0 Å². The number of benzene rings is 2. The second kappa shape index (κ2) is 12.4. The third kappa shape index (κ3) is 6.34. The number of likely N-dealkylation sites (tertiary alicyclic amines) is 1. The van der Waals surface area contributed by atoms with Crippen molar-refractivity contribution >= 4 is 38.5 Å². The van der Waals surface area contributed by atoms with Gasteiger partial charge in [0, 0.05) is 36.0 Å². The van der Waals surface area contributed by atoms with Gasteiger partial charge in [-0.2, -0.15) is 0 Å². The lowest BCUT2D eigenvalue weighted by atomic mass is 9.82. The van der Waals surface area contributed by atoms with E-state index in [1.54, 1.807) is 0 Å². The van der Waals surface area contributed by atoms with Gasteiger partial charge in [0.1, 0.15) is 23.7 Å². The van der Waals surface area contributed by atoms with Crippen LogP contribution >= 0.6 is 11.3 Å². The van der Waals surface area contributed by atoms with Gasteiger partial charge in [0.05, 0.1) is 22.5 Å². The predicted molar refractivity (Wildman–Crippen MR) is 156 cm³/mol. The van der Waals surface area contributed by atoms with Crippen LogP contribution in [0.3, 0.4) is 0 Å². The summed E-state index contributed by atoms with van der Waals surface area (Å²) in [7, 11) is 2.12. The molecule has 0 aliphatic carbocycles. The Morgan fingerprint density at radius 3 is 2.68 bits per heavy atom. The van der Waals surface area contributed by atoms with Crippen molar-refractivity contribution in [3.8, 4) is 11.5 Å². The Kier molecular flexibility index (Phi) is 9.02. The molecule has 6 nitrogen and oxygen atoms in total. The van der Waals surface area contributed by atoms with Gasteiger partial charge in [-0.1, -0.05) is 43.4 Å². The Morgan fingerprint density at radius 1 is 1.21 bits per heavy atom. The molecule has 0 amide bonds. The lowest BCUT2D eigenvalue weighted by Crippen LogP contribution is -2.50. The van der Waals surface area contributed by atoms with E-state index in [1.807, 2.05) is 55.5 Å². The SMILES string of the molecule is C/C=C\C(=C/CC)COc1ccc2c(c1)C(=O)CC1(CCN(C)CC1)O2.Nc1sc2ccccc2c1C=O. The molecular weight excluding hydrogens is 496 g/mol. The minimum Gasteiger partial charge on any atom is -0.489 e. The molecular formula is C31H36N2O4S. The second-order valence-electron chi connectivity index (χ2n) is 9.82. The van der Waals surface area contributed by atoms with Crippen molar-refractivity contribution in [3.63, 3.8) is 0 Å². The molecule has 2 N–H and O–H groups in total. The molecule has 2 aliphatic rings. The van der Waals surface area contributed by atoms with Crippen molar-refractivity contribution in [2.75, 3.05) is 32.5 Å². The number of hydrogen-bond donors (Lipinski definition) is 1. The van der Waals surface area contributed by atoms with E-state index in [2.05, 4.69) is 31.0 Å². The predicted octanol–water partition coefficient (Wildman–Crippen LogP) is 6.70. The summed E-state index contributed by atoms with van der Waals surface area (Å²) in [6, 6.07) is 13.3. The van der Waals surface area contributed by atoms with Crippen LogP contribution in [0, 0.1) is 0 Å². The van der Waals surface area contributed by atoms with Gasteiger partial charge in [-0.05, 0) is 50.2 Å². The van der Waals surface area contributed by atoms with Crippen LogP contribution in [0.15, 0.2) is 66.3 Å². The molecule has 1 spiro atoms.